The maximum atomic E-state index is 5.91. The normalized spacial score (nSPS) is 24.8. The van der Waals surface area contributed by atoms with E-state index in [2.05, 4.69) is 33.1 Å². The molecule has 2 aliphatic rings. The second-order valence-corrected chi connectivity index (χ2v) is 9.37. The molecule has 166 valence electrons. The van der Waals surface area contributed by atoms with E-state index in [0.29, 0.717) is 25.1 Å². The Balaban J connectivity index is 1.31. The quantitative estimate of drug-likeness (QED) is 0.478. The summed E-state index contributed by atoms with van der Waals surface area (Å²) in [6.45, 7) is 7.34. The minimum Gasteiger partial charge on any atom is -0.348 e. The fourth-order valence-electron chi connectivity index (χ4n) is 4.62. The van der Waals surface area contributed by atoms with E-state index in [0.717, 1.165) is 28.0 Å². The molecule has 0 spiro atoms. The summed E-state index contributed by atoms with van der Waals surface area (Å²) in [5.41, 5.74) is 4.59. The lowest BCUT2D eigenvalue weighted by Crippen LogP contribution is -2.26. The van der Waals surface area contributed by atoms with Crippen molar-refractivity contribution in [2.24, 2.45) is 5.92 Å². The molecule has 5 heterocycles. The Hall–Kier alpha value is -3.04. The molecule has 1 aliphatic carbocycles. The highest BCUT2D eigenvalue weighted by atomic mass is 16.7. The SMILES string of the molecule is CC1CCC1n1cc(-c2nc(-c3cnn(CC4COC(C)(C)O4)c3)cn3nccc23)cn1. The van der Waals surface area contributed by atoms with Crippen LogP contribution in [0.2, 0.25) is 0 Å². The molecule has 0 aromatic carbocycles. The van der Waals surface area contributed by atoms with Crippen LogP contribution in [0.3, 0.4) is 0 Å². The third-order valence-corrected chi connectivity index (χ3v) is 6.57. The minimum atomic E-state index is -0.538. The monoisotopic (exact) mass is 433 g/mol. The molecule has 4 aromatic heterocycles. The molecular formula is C23H27N7O2. The van der Waals surface area contributed by atoms with Gasteiger partial charge in [0.2, 0.25) is 0 Å². The van der Waals surface area contributed by atoms with Gasteiger partial charge in [0.1, 0.15) is 6.10 Å². The van der Waals surface area contributed by atoms with Crippen molar-refractivity contribution in [2.75, 3.05) is 6.61 Å². The van der Waals surface area contributed by atoms with E-state index < -0.39 is 5.79 Å². The summed E-state index contributed by atoms with van der Waals surface area (Å²) in [6, 6.07) is 2.47. The summed E-state index contributed by atoms with van der Waals surface area (Å²) >= 11 is 0. The van der Waals surface area contributed by atoms with Gasteiger partial charge < -0.3 is 9.47 Å². The first-order valence-electron chi connectivity index (χ1n) is 11.2. The van der Waals surface area contributed by atoms with Gasteiger partial charge in [-0.1, -0.05) is 6.92 Å². The number of hydrogen-bond acceptors (Lipinski definition) is 6. The summed E-state index contributed by atoms with van der Waals surface area (Å²) < 4.78 is 17.4. The van der Waals surface area contributed by atoms with Crippen LogP contribution in [0.5, 0.6) is 0 Å². The summed E-state index contributed by atoms with van der Waals surface area (Å²) in [4.78, 5) is 4.99. The van der Waals surface area contributed by atoms with E-state index in [1.807, 2.05) is 53.9 Å². The van der Waals surface area contributed by atoms with Crippen molar-refractivity contribution in [3.05, 3.63) is 43.2 Å². The van der Waals surface area contributed by atoms with E-state index in [1.54, 1.807) is 6.20 Å². The predicted molar refractivity (Wildman–Crippen MR) is 118 cm³/mol. The Morgan fingerprint density at radius 3 is 2.69 bits per heavy atom. The maximum Gasteiger partial charge on any atom is 0.163 e. The molecule has 1 saturated heterocycles. The molecular weight excluding hydrogens is 406 g/mol. The van der Waals surface area contributed by atoms with Crippen LogP contribution in [0.25, 0.3) is 28.0 Å². The number of aromatic nitrogens is 7. The average Bonchev–Trinajstić information content (AvgIpc) is 3.53. The number of ether oxygens (including phenoxy) is 2. The minimum absolute atomic E-state index is 0.0189. The second-order valence-electron chi connectivity index (χ2n) is 9.37. The van der Waals surface area contributed by atoms with Crippen LogP contribution in [0.4, 0.5) is 0 Å². The topological polar surface area (TPSA) is 84.3 Å². The van der Waals surface area contributed by atoms with Gasteiger partial charge in [0, 0.05) is 23.5 Å². The van der Waals surface area contributed by atoms with Gasteiger partial charge in [-0.15, -0.1) is 0 Å². The zero-order chi connectivity index (χ0) is 21.9. The van der Waals surface area contributed by atoms with Crippen LogP contribution in [0, 0.1) is 5.92 Å². The standard InChI is InChI=1S/C23H27N7O2/c1-15-4-5-20(15)29-11-17(9-26-29)22-21-6-7-24-30(21)13-19(27-22)16-8-25-28(10-16)12-18-14-31-23(2,3)32-18/h6-11,13,15,18,20H,4-5,12,14H2,1-3H3. The molecule has 32 heavy (non-hydrogen) atoms. The largest absolute Gasteiger partial charge is 0.348 e. The van der Waals surface area contributed by atoms with E-state index in [-0.39, 0.29) is 6.10 Å². The Morgan fingerprint density at radius 1 is 1.06 bits per heavy atom. The highest BCUT2D eigenvalue weighted by Gasteiger charge is 2.33. The average molecular weight is 434 g/mol. The maximum absolute atomic E-state index is 5.91. The molecule has 1 saturated carbocycles. The lowest BCUT2D eigenvalue weighted by atomic mass is 9.81. The fourth-order valence-corrected chi connectivity index (χ4v) is 4.62. The van der Waals surface area contributed by atoms with Crippen molar-refractivity contribution in [1.29, 1.82) is 0 Å². The van der Waals surface area contributed by atoms with Crippen LogP contribution >= 0.6 is 0 Å². The third kappa shape index (κ3) is 3.41. The predicted octanol–water partition coefficient (Wildman–Crippen LogP) is 3.58. The van der Waals surface area contributed by atoms with Gasteiger partial charge in [0.15, 0.2) is 5.79 Å². The Kier molecular flexibility index (Phi) is 4.44. The molecule has 1 aliphatic heterocycles. The zero-order valence-electron chi connectivity index (χ0n) is 18.5. The third-order valence-electron chi connectivity index (χ3n) is 6.57. The van der Waals surface area contributed by atoms with Gasteiger partial charge in [0.25, 0.3) is 0 Å². The van der Waals surface area contributed by atoms with Crippen molar-refractivity contribution >= 4 is 5.52 Å². The smallest absolute Gasteiger partial charge is 0.163 e. The lowest BCUT2D eigenvalue weighted by molar-refractivity contribution is -0.139. The number of rotatable bonds is 5. The molecule has 0 N–H and O–H groups in total. The van der Waals surface area contributed by atoms with Crippen LogP contribution in [0.1, 0.15) is 39.7 Å². The molecule has 3 atom stereocenters. The van der Waals surface area contributed by atoms with E-state index in [9.17, 15) is 0 Å². The molecule has 6 rings (SSSR count). The van der Waals surface area contributed by atoms with Crippen molar-refractivity contribution < 1.29 is 9.47 Å². The van der Waals surface area contributed by atoms with Gasteiger partial charge in [-0.3, -0.25) is 9.36 Å². The van der Waals surface area contributed by atoms with E-state index in [4.69, 9.17) is 14.5 Å². The van der Waals surface area contributed by atoms with Gasteiger partial charge in [0.05, 0.1) is 60.9 Å². The highest BCUT2D eigenvalue weighted by molar-refractivity contribution is 5.78. The molecule has 9 nitrogen and oxygen atoms in total. The van der Waals surface area contributed by atoms with Gasteiger partial charge in [-0.25, -0.2) is 9.50 Å². The molecule has 3 unspecified atom stereocenters. The molecule has 2 fully saturated rings. The first kappa shape index (κ1) is 19.6. The first-order valence-corrected chi connectivity index (χ1v) is 11.2. The molecule has 0 radical (unpaired) electrons. The van der Waals surface area contributed by atoms with Crippen LogP contribution in [-0.2, 0) is 16.0 Å². The first-order chi connectivity index (χ1) is 15.4. The molecule has 4 aromatic rings. The Labute approximate surface area is 186 Å². The summed E-state index contributed by atoms with van der Waals surface area (Å²) in [6.07, 6.45) is 14.0. The van der Waals surface area contributed by atoms with Crippen molar-refractivity contribution in [2.45, 2.75) is 58.1 Å². The summed E-state index contributed by atoms with van der Waals surface area (Å²) in [7, 11) is 0. The highest BCUT2D eigenvalue weighted by Crippen LogP contribution is 2.38. The summed E-state index contributed by atoms with van der Waals surface area (Å²) in [5.74, 6) is 0.131. The Morgan fingerprint density at radius 2 is 1.94 bits per heavy atom. The fraction of sp³-hybridized carbons (Fsp3) is 0.478. The molecule has 9 heteroatoms. The van der Waals surface area contributed by atoms with Crippen LogP contribution in [0.15, 0.2) is 43.2 Å². The van der Waals surface area contributed by atoms with E-state index in [1.165, 1.54) is 12.8 Å². The molecule has 0 amide bonds. The van der Waals surface area contributed by atoms with Crippen molar-refractivity contribution in [3.63, 3.8) is 0 Å². The Bertz CT molecular complexity index is 1270. The number of hydrogen-bond donors (Lipinski definition) is 0. The van der Waals surface area contributed by atoms with Gasteiger partial charge >= 0.3 is 0 Å². The number of nitrogens with zero attached hydrogens (tertiary/aromatic N) is 7. The number of fused-ring (bicyclic) bond motifs is 1. The molecule has 0 bridgehead atoms. The summed E-state index contributed by atoms with van der Waals surface area (Å²) in [5, 5.41) is 13.6. The lowest BCUT2D eigenvalue weighted by Gasteiger charge is -2.33. The van der Waals surface area contributed by atoms with Crippen LogP contribution in [-0.4, -0.2) is 52.7 Å². The van der Waals surface area contributed by atoms with Gasteiger partial charge in [-0.2, -0.15) is 15.3 Å². The second kappa shape index (κ2) is 7.25. The van der Waals surface area contributed by atoms with Crippen molar-refractivity contribution in [3.8, 4) is 22.5 Å². The van der Waals surface area contributed by atoms with Crippen LogP contribution < -0.4 is 0 Å². The zero-order valence-corrected chi connectivity index (χ0v) is 18.5. The van der Waals surface area contributed by atoms with E-state index >= 15 is 0 Å². The van der Waals surface area contributed by atoms with Crippen molar-refractivity contribution in [1.82, 2.24) is 34.2 Å². The van der Waals surface area contributed by atoms with Gasteiger partial charge in [-0.05, 0) is 38.7 Å².